The van der Waals surface area contributed by atoms with Crippen molar-refractivity contribution in [3.63, 3.8) is 0 Å². The minimum Gasteiger partial charge on any atom is -0.508 e. The Morgan fingerprint density at radius 1 is 1.10 bits per heavy atom. The van der Waals surface area contributed by atoms with E-state index in [0.717, 1.165) is 28.8 Å². The number of anilines is 1. The van der Waals surface area contributed by atoms with Crippen molar-refractivity contribution in [2.45, 2.75) is 12.0 Å². The summed E-state index contributed by atoms with van der Waals surface area (Å²) in [6.07, 6.45) is 0.806. The predicted molar refractivity (Wildman–Crippen MR) is 75.7 cm³/mol. The van der Waals surface area contributed by atoms with Gasteiger partial charge in [0.25, 0.3) is 5.91 Å². The zero-order valence-corrected chi connectivity index (χ0v) is 10.8. The zero-order chi connectivity index (χ0) is 13.7. The molecule has 100 valence electrons. The average Bonchev–Trinajstić information content (AvgIpc) is 2.73. The molecule has 4 nitrogen and oxygen atoms in total. The summed E-state index contributed by atoms with van der Waals surface area (Å²) in [4.78, 5) is 12.6. The molecular formula is C16H14N2O2. The van der Waals surface area contributed by atoms with Crippen LogP contribution in [0.2, 0.25) is 0 Å². The first-order valence-corrected chi connectivity index (χ1v) is 6.70. The van der Waals surface area contributed by atoms with Gasteiger partial charge in [-0.1, -0.05) is 24.3 Å². The third kappa shape index (κ3) is 1.31. The van der Waals surface area contributed by atoms with Crippen LogP contribution in [0.1, 0.15) is 16.7 Å². The molecule has 2 aliphatic heterocycles. The molecule has 0 saturated carbocycles. The predicted octanol–water partition coefficient (Wildman–Crippen LogP) is 1.73. The number of carbonyl (C=O) groups excluding carboxylic acids is 1. The van der Waals surface area contributed by atoms with E-state index >= 15 is 0 Å². The van der Waals surface area contributed by atoms with Crippen molar-refractivity contribution in [2.75, 3.05) is 11.9 Å². The molecule has 1 spiro atoms. The number of para-hydroxylation sites is 1. The highest BCUT2D eigenvalue weighted by atomic mass is 16.3. The third-order valence-corrected chi connectivity index (χ3v) is 4.20. The van der Waals surface area contributed by atoms with Gasteiger partial charge in [0, 0.05) is 17.8 Å². The Kier molecular flexibility index (Phi) is 2.20. The highest BCUT2D eigenvalue weighted by molar-refractivity contribution is 6.08. The Morgan fingerprint density at radius 2 is 1.95 bits per heavy atom. The molecule has 0 radical (unpaired) electrons. The Labute approximate surface area is 116 Å². The van der Waals surface area contributed by atoms with Gasteiger partial charge in [-0.05, 0) is 35.7 Å². The summed E-state index contributed by atoms with van der Waals surface area (Å²) in [5.41, 5.74) is 2.94. The Hall–Kier alpha value is -2.33. The molecule has 0 fully saturated rings. The van der Waals surface area contributed by atoms with E-state index in [2.05, 4.69) is 10.6 Å². The molecule has 0 bridgehead atoms. The van der Waals surface area contributed by atoms with Gasteiger partial charge in [0.15, 0.2) is 5.54 Å². The number of benzene rings is 2. The van der Waals surface area contributed by atoms with E-state index in [9.17, 15) is 9.90 Å². The topological polar surface area (TPSA) is 61.4 Å². The Morgan fingerprint density at radius 3 is 2.85 bits per heavy atom. The number of nitrogens with one attached hydrogen (secondary N) is 2. The SMILES string of the molecule is O=C1Nc2ccccc2C12NCCc1cc(O)ccc12. The quantitative estimate of drug-likeness (QED) is 0.680. The van der Waals surface area contributed by atoms with E-state index in [1.165, 1.54) is 0 Å². The van der Waals surface area contributed by atoms with E-state index in [1.54, 1.807) is 12.1 Å². The van der Waals surface area contributed by atoms with Gasteiger partial charge in [-0.2, -0.15) is 0 Å². The number of fused-ring (bicyclic) bond motifs is 4. The summed E-state index contributed by atoms with van der Waals surface area (Å²) >= 11 is 0. The van der Waals surface area contributed by atoms with Crippen molar-refractivity contribution in [1.29, 1.82) is 0 Å². The smallest absolute Gasteiger partial charge is 0.254 e. The van der Waals surface area contributed by atoms with Crippen LogP contribution in [0.25, 0.3) is 0 Å². The van der Waals surface area contributed by atoms with Gasteiger partial charge >= 0.3 is 0 Å². The fourth-order valence-corrected chi connectivity index (χ4v) is 3.33. The summed E-state index contributed by atoms with van der Waals surface area (Å²) in [6, 6.07) is 13.0. The molecule has 0 saturated heterocycles. The molecule has 2 aromatic carbocycles. The third-order valence-electron chi connectivity index (χ3n) is 4.20. The largest absolute Gasteiger partial charge is 0.508 e. The summed E-state index contributed by atoms with van der Waals surface area (Å²) in [5.74, 6) is 0.192. The molecule has 20 heavy (non-hydrogen) atoms. The number of amides is 1. The minimum atomic E-state index is -0.822. The molecule has 0 aromatic heterocycles. The number of aromatic hydroxyl groups is 1. The van der Waals surface area contributed by atoms with Crippen molar-refractivity contribution in [1.82, 2.24) is 5.32 Å². The summed E-state index contributed by atoms with van der Waals surface area (Å²) in [7, 11) is 0. The molecule has 2 aliphatic rings. The van der Waals surface area contributed by atoms with Gasteiger partial charge in [-0.3, -0.25) is 10.1 Å². The molecule has 1 amide bonds. The molecule has 4 rings (SSSR count). The van der Waals surface area contributed by atoms with Crippen molar-refractivity contribution < 1.29 is 9.90 Å². The standard InChI is InChI=1S/C16H14N2O2/c19-11-5-6-12-10(9-11)7-8-17-16(12)13-3-1-2-4-14(13)18-15(16)20/h1-6,9,17,19H,7-8H2,(H,18,20). The number of phenols is 1. The van der Waals surface area contributed by atoms with Crippen LogP contribution >= 0.6 is 0 Å². The second-order valence-electron chi connectivity index (χ2n) is 5.27. The van der Waals surface area contributed by atoms with E-state index in [-0.39, 0.29) is 11.7 Å². The van der Waals surface area contributed by atoms with Crippen LogP contribution in [0.3, 0.4) is 0 Å². The number of phenolic OH excluding ortho intramolecular Hbond substituents is 1. The van der Waals surface area contributed by atoms with Crippen molar-refractivity contribution in [3.8, 4) is 5.75 Å². The van der Waals surface area contributed by atoms with Crippen LogP contribution in [0.5, 0.6) is 5.75 Å². The highest BCUT2D eigenvalue weighted by Gasteiger charge is 2.50. The lowest BCUT2D eigenvalue weighted by Crippen LogP contribution is -2.52. The van der Waals surface area contributed by atoms with Gasteiger partial charge in [0.1, 0.15) is 5.75 Å². The molecular weight excluding hydrogens is 252 g/mol. The second kappa shape index (κ2) is 3.84. The van der Waals surface area contributed by atoms with Crippen LogP contribution in [0, 0.1) is 0 Å². The van der Waals surface area contributed by atoms with E-state index < -0.39 is 5.54 Å². The molecule has 1 unspecified atom stereocenters. The second-order valence-corrected chi connectivity index (χ2v) is 5.27. The first kappa shape index (κ1) is 11.5. The summed E-state index contributed by atoms with van der Waals surface area (Å²) in [6.45, 7) is 0.707. The first-order valence-electron chi connectivity index (χ1n) is 6.70. The Bertz CT molecular complexity index is 726. The van der Waals surface area contributed by atoms with E-state index in [0.29, 0.717) is 6.54 Å². The molecule has 3 N–H and O–H groups in total. The lowest BCUT2D eigenvalue weighted by atomic mass is 9.78. The number of hydrogen-bond donors (Lipinski definition) is 3. The molecule has 4 heteroatoms. The van der Waals surface area contributed by atoms with E-state index in [4.69, 9.17) is 0 Å². The summed E-state index contributed by atoms with van der Waals surface area (Å²) < 4.78 is 0. The molecule has 0 aliphatic carbocycles. The number of rotatable bonds is 0. The van der Waals surface area contributed by atoms with Crippen LogP contribution < -0.4 is 10.6 Å². The molecule has 2 aromatic rings. The first-order chi connectivity index (χ1) is 9.72. The maximum absolute atomic E-state index is 12.6. The zero-order valence-electron chi connectivity index (χ0n) is 10.8. The van der Waals surface area contributed by atoms with Gasteiger partial charge < -0.3 is 10.4 Å². The summed E-state index contributed by atoms with van der Waals surface area (Å²) in [5, 5.41) is 16.0. The van der Waals surface area contributed by atoms with Crippen LogP contribution in [0.15, 0.2) is 42.5 Å². The van der Waals surface area contributed by atoms with Gasteiger partial charge in [-0.25, -0.2) is 0 Å². The lowest BCUT2D eigenvalue weighted by Gasteiger charge is -2.35. The maximum Gasteiger partial charge on any atom is 0.254 e. The van der Waals surface area contributed by atoms with Crippen molar-refractivity contribution in [2.24, 2.45) is 0 Å². The molecule has 2 heterocycles. The van der Waals surface area contributed by atoms with Crippen LogP contribution in [0.4, 0.5) is 5.69 Å². The van der Waals surface area contributed by atoms with Gasteiger partial charge in [0.05, 0.1) is 0 Å². The van der Waals surface area contributed by atoms with Crippen LogP contribution in [-0.4, -0.2) is 17.6 Å². The number of hydrogen-bond acceptors (Lipinski definition) is 3. The van der Waals surface area contributed by atoms with Gasteiger partial charge in [-0.15, -0.1) is 0 Å². The van der Waals surface area contributed by atoms with E-state index in [1.807, 2.05) is 30.3 Å². The fraction of sp³-hybridized carbons (Fsp3) is 0.188. The van der Waals surface area contributed by atoms with Gasteiger partial charge in [0.2, 0.25) is 0 Å². The normalized spacial score (nSPS) is 23.3. The highest BCUT2D eigenvalue weighted by Crippen LogP contribution is 2.44. The van der Waals surface area contributed by atoms with Crippen molar-refractivity contribution >= 4 is 11.6 Å². The lowest BCUT2D eigenvalue weighted by molar-refractivity contribution is -0.120. The Balaban J connectivity index is 2.02. The maximum atomic E-state index is 12.6. The van der Waals surface area contributed by atoms with Crippen molar-refractivity contribution in [3.05, 3.63) is 59.2 Å². The average molecular weight is 266 g/mol. The molecule has 1 atom stereocenters. The number of carbonyl (C=O) groups is 1. The minimum absolute atomic E-state index is 0.0506. The fourth-order valence-electron chi connectivity index (χ4n) is 3.33. The monoisotopic (exact) mass is 266 g/mol. The van der Waals surface area contributed by atoms with Crippen LogP contribution in [-0.2, 0) is 16.8 Å².